The molecule has 3 aromatic carbocycles. The number of anilines is 2. The summed E-state index contributed by atoms with van der Waals surface area (Å²) in [5.74, 6) is 0.282. The first kappa shape index (κ1) is 24.0. The van der Waals surface area contributed by atoms with Gasteiger partial charge in [-0.2, -0.15) is 0 Å². The smallest absolute Gasteiger partial charge is 0.291 e. The fourth-order valence-corrected chi connectivity index (χ4v) is 4.63. The van der Waals surface area contributed by atoms with Crippen LogP contribution in [0, 0.1) is 0 Å². The van der Waals surface area contributed by atoms with Crippen molar-refractivity contribution in [3.63, 3.8) is 0 Å². The summed E-state index contributed by atoms with van der Waals surface area (Å²) in [6.45, 7) is 2.50. The van der Waals surface area contributed by atoms with Crippen molar-refractivity contribution in [2.45, 2.75) is 0 Å². The van der Waals surface area contributed by atoms with Gasteiger partial charge in [0.25, 0.3) is 11.8 Å². The first-order chi connectivity index (χ1) is 17.5. The number of benzene rings is 3. The van der Waals surface area contributed by atoms with Gasteiger partial charge in [0.1, 0.15) is 5.76 Å². The Morgan fingerprint density at radius 2 is 1.53 bits per heavy atom. The van der Waals surface area contributed by atoms with Crippen molar-refractivity contribution in [3.05, 3.63) is 106 Å². The molecule has 8 heteroatoms. The van der Waals surface area contributed by atoms with Gasteiger partial charge in [0, 0.05) is 42.3 Å². The maximum atomic E-state index is 13.0. The molecule has 2 amide bonds. The number of furan rings is 1. The second-order valence-corrected chi connectivity index (χ2v) is 9.25. The monoisotopic (exact) mass is 519 g/mol. The quantitative estimate of drug-likeness (QED) is 0.328. The molecule has 0 spiro atoms. The van der Waals surface area contributed by atoms with Crippen molar-refractivity contribution in [2.75, 3.05) is 36.4 Å². The maximum Gasteiger partial charge on any atom is 0.291 e. The van der Waals surface area contributed by atoms with Gasteiger partial charge >= 0.3 is 0 Å². The lowest BCUT2D eigenvalue weighted by atomic mass is 10.1. The zero-order valence-corrected chi connectivity index (χ0v) is 20.8. The van der Waals surface area contributed by atoms with Crippen LogP contribution < -0.4 is 10.2 Å². The SMILES string of the molecule is O=C(Nc1ccccc1N1CCN(C(=O)c2ccccc2)CC1)c1ccc(-c2cc(Cl)ccc2Cl)o1. The van der Waals surface area contributed by atoms with Gasteiger partial charge in [-0.15, -0.1) is 0 Å². The summed E-state index contributed by atoms with van der Waals surface area (Å²) in [7, 11) is 0. The van der Waals surface area contributed by atoms with E-state index in [4.69, 9.17) is 27.6 Å². The number of rotatable bonds is 5. The van der Waals surface area contributed by atoms with Crippen LogP contribution >= 0.6 is 23.2 Å². The van der Waals surface area contributed by atoms with E-state index in [-0.39, 0.29) is 17.6 Å². The number of carbonyl (C=O) groups is 2. The van der Waals surface area contributed by atoms with Gasteiger partial charge in [-0.05, 0) is 54.6 Å². The fraction of sp³-hybridized carbons (Fsp3) is 0.143. The first-order valence-corrected chi connectivity index (χ1v) is 12.3. The summed E-state index contributed by atoms with van der Waals surface area (Å²) in [6.07, 6.45) is 0. The van der Waals surface area contributed by atoms with Gasteiger partial charge in [0.05, 0.1) is 16.4 Å². The van der Waals surface area contributed by atoms with Crippen LogP contribution in [0.2, 0.25) is 10.0 Å². The van der Waals surface area contributed by atoms with E-state index >= 15 is 0 Å². The van der Waals surface area contributed by atoms with Gasteiger partial charge in [0.2, 0.25) is 0 Å². The normalized spacial score (nSPS) is 13.5. The average Bonchev–Trinajstić information content (AvgIpc) is 3.41. The van der Waals surface area contributed by atoms with E-state index in [9.17, 15) is 9.59 Å². The van der Waals surface area contributed by atoms with Crippen molar-refractivity contribution < 1.29 is 14.0 Å². The van der Waals surface area contributed by atoms with Crippen LogP contribution in [0.3, 0.4) is 0 Å². The maximum absolute atomic E-state index is 13.0. The summed E-state index contributed by atoms with van der Waals surface area (Å²) in [6, 6.07) is 25.3. The lowest BCUT2D eigenvalue weighted by molar-refractivity contribution is 0.0746. The standard InChI is InChI=1S/C28H23Cl2N3O3/c29-20-10-11-22(30)21(18-20)25-12-13-26(36-25)27(34)31-23-8-4-5-9-24(23)32-14-16-33(17-15-32)28(35)19-6-2-1-3-7-19/h1-13,18H,14-17H2,(H,31,34). The number of piperazine rings is 1. The van der Waals surface area contributed by atoms with E-state index < -0.39 is 0 Å². The number of para-hydroxylation sites is 2. The van der Waals surface area contributed by atoms with Crippen LogP contribution in [0.25, 0.3) is 11.3 Å². The molecule has 0 saturated carbocycles. The summed E-state index contributed by atoms with van der Waals surface area (Å²) in [4.78, 5) is 29.8. The molecule has 1 aliphatic rings. The number of nitrogens with one attached hydrogen (secondary N) is 1. The number of nitrogens with zero attached hydrogens (tertiary/aromatic N) is 2. The highest BCUT2D eigenvalue weighted by Crippen LogP contribution is 2.33. The molecule has 1 aliphatic heterocycles. The summed E-state index contributed by atoms with van der Waals surface area (Å²) < 4.78 is 5.79. The molecule has 0 aliphatic carbocycles. The molecule has 2 heterocycles. The summed E-state index contributed by atoms with van der Waals surface area (Å²) >= 11 is 12.4. The Kier molecular flexibility index (Phi) is 6.98. The Labute approximate surface area is 219 Å². The third-order valence-corrected chi connectivity index (χ3v) is 6.67. The third kappa shape index (κ3) is 5.10. The van der Waals surface area contributed by atoms with Crippen LogP contribution in [-0.2, 0) is 0 Å². The predicted octanol–water partition coefficient (Wildman–Crippen LogP) is 6.47. The van der Waals surface area contributed by atoms with Crippen molar-refractivity contribution in [2.24, 2.45) is 0 Å². The highest BCUT2D eigenvalue weighted by molar-refractivity contribution is 6.35. The van der Waals surface area contributed by atoms with Crippen LogP contribution in [0.15, 0.2) is 89.3 Å². The van der Waals surface area contributed by atoms with Crippen LogP contribution in [-0.4, -0.2) is 42.9 Å². The summed E-state index contributed by atoms with van der Waals surface area (Å²) in [5.41, 5.74) is 2.87. The number of hydrogen-bond acceptors (Lipinski definition) is 4. The first-order valence-electron chi connectivity index (χ1n) is 11.5. The molecule has 5 rings (SSSR count). The molecule has 0 bridgehead atoms. The Hall–Kier alpha value is -3.74. The largest absolute Gasteiger partial charge is 0.451 e. The number of hydrogen-bond donors (Lipinski definition) is 1. The van der Waals surface area contributed by atoms with E-state index in [1.165, 1.54) is 0 Å². The topological polar surface area (TPSA) is 65.8 Å². The molecule has 1 fully saturated rings. The lowest BCUT2D eigenvalue weighted by Gasteiger charge is -2.37. The third-order valence-electron chi connectivity index (χ3n) is 6.10. The van der Waals surface area contributed by atoms with Gasteiger partial charge in [0.15, 0.2) is 5.76 Å². The second kappa shape index (κ2) is 10.5. The van der Waals surface area contributed by atoms with Gasteiger partial charge in [-0.3, -0.25) is 9.59 Å². The predicted molar refractivity (Wildman–Crippen MR) is 143 cm³/mol. The molecule has 36 heavy (non-hydrogen) atoms. The molecular formula is C28H23Cl2N3O3. The van der Waals surface area contributed by atoms with Gasteiger partial charge in [-0.25, -0.2) is 0 Å². The zero-order chi connectivity index (χ0) is 25.1. The number of halogens is 2. The Bertz CT molecular complexity index is 1400. The van der Waals surface area contributed by atoms with E-state index in [1.54, 1.807) is 30.3 Å². The number of carbonyl (C=O) groups excluding carboxylic acids is 2. The number of amides is 2. The highest BCUT2D eigenvalue weighted by Gasteiger charge is 2.24. The van der Waals surface area contributed by atoms with E-state index in [1.807, 2.05) is 59.5 Å². The van der Waals surface area contributed by atoms with Crippen LogP contribution in [0.5, 0.6) is 0 Å². The van der Waals surface area contributed by atoms with Crippen molar-refractivity contribution in [1.82, 2.24) is 4.90 Å². The highest BCUT2D eigenvalue weighted by atomic mass is 35.5. The molecule has 0 unspecified atom stereocenters. The minimum absolute atomic E-state index is 0.0327. The second-order valence-electron chi connectivity index (χ2n) is 8.40. The minimum Gasteiger partial charge on any atom is -0.451 e. The summed E-state index contributed by atoms with van der Waals surface area (Å²) in [5, 5.41) is 3.97. The van der Waals surface area contributed by atoms with Crippen molar-refractivity contribution in [3.8, 4) is 11.3 Å². The molecule has 0 atom stereocenters. The molecule has 1 N–H and O–H groups in total. The molecule has 1 aromatic heterocycles. The Morgan fingerprint density at radius 3 is 2.31 bits per heavy atom. The van der Waals surface area contributed by atoms with Gasteiger partial charge < -0.3 is 19.5 Å². The van der Waals surface area contributed by atoms with E-state index in [0.717, 1.165) is 5.69 Å². The zero-order valence-electron chi connectivity index (χ0n) is 19.3. The molecule has 1 saturated heterocycles. The van der Waals surface area contributed by atoms with E-state index in [0.29, 0.717) is 58.8 Å². The molecule has 182 valence electrons. The lowest BCUT2D eigenvalue weighted by Crippen LogP contribution is -2.49. The Morgan fingerprint density at radius 1 is 0.806 bits per heavy atom. The van der Waals surface area contributed by atoms with Crippen molar-refractivity contribution in [1.29, 1.82) is 0 Å². The molecular weight excluding hydrogens is 497 g/mol. The minimum atomic E-state index is -0.371. The molecule has 0 radical (unpaired) electrons. The van der Waals surface area contributed by atoms with Crippen molar-refractivity contribution >= 4 is 46.4 Å². The van der Waals surface area contributed by atoms with Crippen LogP contribution in [0.4, 0.5) is 11.4 Å². The van der Waals surface area contributed by atoms with Crippen LogP contribution in [0.1, 0.15) is 20.9 Å². The van der Waals surface area contributed by atoms with E-state index in [2.05, 4.69) is 10.2 Å². The molecule has 4 aromatic rings. The average molecular weight is 520 g/mol. The fourth-order valence-electron chi connectivity index (χ4n) is 4.24. The van der Waals surface area contributed by atoms with Gasteiger partial charge in [-0.1, -0.05) is 53.5 Å². The Balaban J connectivity index is 1.27. The molecule has 6 nitrogen and oxygen atoms in total.